The largest absolute Gasteiger partial charge is 0.465 e. The van der Waals surface area contributed by atoms with Crippen LogP contribution in [-0.2, 0) is 27.0 Å². The summed E-state index contributed by atoms with van der Waals surface area (Å²) in [5.41, 5.74) is -3.78. The van der Waals surface area contributed by atoms with E-state index in [1.54, 1.807) is 31.2 Å². The quantitative estimate of drug-likeness (QED) is 0.140. The Kier molecular flexibility index (Phi) is 9.65. The van der Waals surface area contributed by atoms with Gasteiger partial charge in [0, 0.05) is 5.92 Å². The molecule has 2 atom stereocenters. The maximum Gasteiger partial charge on any atom is 0.422 e. The second-order valence-electron chi connectivity index (χ2n) is 8.01. The van der Waals surface area contributed by atoms with E-state index >= 15 is 0 Å². The fraction of sp³-hybridized carbons (Fsp3) is 0.375. The number of hydrogen-bond acceptors (Lipinski definition) is 5. The van der Waals surface area contributed by atoms with Gasteiger partial charge in [0.15, 0.2) is 23.3 Å². The predicted molar refractivity (Wildman–Crippen MR) is 119 cm³/mol. The summed E-state index contributed by atoms with van der Waals surface area (Å²) in [5, 5.41) is 5.05. The summed E-state index contributed by atoms with van der Waals surface area (Å²) >= 11 is 0. The van der Waals surface area contributed by atoms with Gasteiger partial charge >= 0.3 is 12.1 Å². The van der Waals surface area contributed by atoms with Gasteiger partial charge in [-0.05, 0) is 44.4 Å². The van der Waals surface area contributed by atoms with E-state index in [4.69, 9.17) is 4.84 Å². The van der Waals surface area contributed by atoms with Crippen LogP contribution < -0.4 is 5.32 Å². The second-order valence-corrected chi connectivity index (χ2v) is 8.01. The van der Waals surface area contributed by atoms with Crippen LogP contribution >= 0.6 is 0 Å². The Hall–Kier alpha value is -3.64. The van der Waals surface area contributed by atoms with Gasteiger partial charge in [0.2, 0.25) is 0 Å². The molecule has 13 heteroatoms. The molecule has 0 fully saturated rings. The Labute approximate surface area is 207 Å². The normalized spacial score (nSPS) is 13.6. The van der Waals surface area contributed by atoms with E-state index in [0.29, 0.717) is 18.4 Å². The molecule has 2 aromatic rings. The van der Waals surface area contributed by atoms with Gasteiger partial charge < -0.3 is 14.9 Å². The molecular weight excluding hydrogens is 513 g/mol. The lowest BCUT2D eigenvalue weighted by atomic mass is 9.92. The highest BCUT2D eigenvalue weighted by Crippen LogP contribution is 2.38. The third kappa shape index (κ3) is 6.98. The lowest BCUT2D eigenvalue weighted by Gasteiger charge is -2.21. The third-order valence-corrected chi connectivity index (χ3v) is 5.53. The molecule has 0 heterocycles. The molecule has 2 aromatic carbocycles. The molecule has 202 valence electrons. The van der Waals surface area contributed by atoms with E-state index in [0.717, 1.165) is 12.5 Å². The number of nitrogens with one attached hydrogen (secondary N) is 1. The number of esters is 1. The minimum absolute atomic E-state index is 0.128. The van der Waals surface area contributed by atoms with Crippen molar-refractivity contribution in [1.29, 1.82) is 0 Å². The van der Waals surface area contributed by atoms with Crippen LogP contribution in [0.15, 0.2) is 29.4 Å². The molecule has 0 aliphatic rings. The van der Waals surface area contributed by atoms with E-state index in [9.17, 15) is 40.3 Å². The number of alkyl halides is 3. The highest BCUT2D eigenvalue weighted by Gasteiger charge is 2.42. The minimum Gasteiger partial charge on any atom is -0.465 e. The maximum absolute atomic E-state index is 14.0. The zero-order valence-corrected chi connectivity index (χ0v) is 20.1. The van der Waals surface area contributed by atoms with E-state index in [1.165, 1.54) is 12.4 Å². The molecule has 1 amide bonds. The van der Waals surface area contributed by atoms with Crippen LogP contribution in [0.25, 0.3) is 0 Å². The number of nitrogens with zero attached hydrogens (tertiary/aromatic N) is 1. The van der Waals surface area contributed by atoms with E-state index in [-0.39, 0.29) is 5.92 Å². The van der Waals surface area contributed by atoms with Crippen LogP contribution in [0.3, 0.4) is 0 Å². The van der Waals surface area contributed by atoms with Gasteiger partial charge in [-0.3, -0.25) is 4.79 Å². The average Bonchev–Trinajstić information content (AvgIpc) is 2.85. The lowest BCUT2D eigenvalue weighted by molar-refractivity contribution is -0.143. The first kappa shape index (κ1) is 29.6. The van der Waals surface area contributed by atoms with Gasteiger partial charge in [-0.2, -0.15) is 13.2 Å². The molecule has 0 aliphatic heterocycles. The summed E-state index contributed by atoms with van der Waals surface area (Å²) in [5.74, 6) is -12.2. The van der Waals surface area contributed by atoms with Crippen molar-refractivity contribution in [3.05, 3.63) is 64.2 Å². The van der Waals surface area contributed by atoms with Crippen molar-refractivity contribution >= 4 is 23.3 Å². The number of amides is 1. The number of methoxy groups -OCH3 is 1. The standard InChI is InChI=1S/C24H23F7N2O4/c1-5-14(10-13-6-8-15(9-7-13)23(35)36-4)12(3)37-33-11(2)22(34)32-21-19(27)17(25)16(24(29,30)31)18(26)20(21)28/h6-9,12,14H,5,10H2,1-4H3,(H,32,34)/b33-11+. The number of ether oxygens (including phenoxy) is 1. The van der Waals surface area contributed by atoms with Crippen molar-refractivity contribution in [3.63, 3.8) is 0 Å². The van der Waals surface area contributed by atoms with Gasteiger partial charge in [-0.25, -0.2) is 22.4 Å². The molecule has 0 saturated heterocycles. The van der Waals surface area contributed by atoms with Gasteiger partial charge in [-0.1, -0.05) is 24.2 Å². The Bertz CT molecular complexity index is 1150. The lowest BCUT2D eigenvalue weighted by Crippen LogP contribution is -2.26. The summed E-state index contributed by atoms with van der Waals surface area (Å²) in [4.78, 5) is 29.1. The topological polar surface area (TPSA) is 77.0 Å². The molecule has 2 unspecified atom stereocenters. The molecule has 0 spiro atoms. The molecule has 0 aliphatic carbocycles. The van der Waals surface area contributed by atoms with E-state index in [1.807, 2.05) is 6.92 Å². The molecule has 6 nitrogen and oxygen atoms in total. The SMILES string of the molecule is CCC(Cc1ccc(C(=O)OC)cc1)C(C)O/N=C(\C)C(=O)Nc1c(F)c(F)c(C(F)(F)F)c(F)c1F. The maximum atomic E-state index is 14.0. The van der Waals surface area contributed by atoms with Crippen LogP contribution in [0.5, 0.6) is 0 Å². The smallest absolute Gasteiger partial charge is 0.422 e. The molecule has 37 heavy (non-hydrogen) atoms. The first-order valence-corrected chi connectivity index (χ1v) is 10.8. The number of halogens is 7. The highest BCUT2D eigenvalue weighted by atomic mass is 19.4. The number of anilines is 1. The molecule has 0 radical (unpaired) electrons. The zero-order chi connectivity index (χ0) is 28.1. The van der Waals surface area contributed by atoms with Crippen molar-refractivity contribution in [3.8, 4) is 0 Å². The number of hydrogen-bond donors (Lipinski definition) is 1. The van der Waals surface area contributed by atoms with Crippen LogP contribution in [-0.4, -0.2) is 30.8 Å². The zero-order valence-electron chi connectivity index (χ0n) is 20.1. The average molecular weight is 536 g/mol. The first-order chi connectivity index (χ1) is 17.2. The Morgan fingerprint density at radius 2 is 1.54 bits per heavy atom. The summed E-state index contributed by atoms with van der Waals surface area (Å²) in [6, 6.07) is 6.65. The van der Waals surface area contributed by atoms with Gasteiger partial charge in [0.05, 0.1) is 12.7 Å². The monoisotopic (exact) mass is 536 g/mol. The Balaban J connectivity index is 2.12. The second kappa shape index (κ2) is 12.1. The molecule has 0 saturated carbocycles. The van der Waals surface area contributed by atoms with Gasteiger partial charge in [-0.15, -0.1) is 0 Å². The molecule has 1 N–H and O–H groups in total. The summed E-state index contributed by atoms with van der Waals surface area (Å²) < 4.78 is 98.3. The van der Waals surface area contributed by atoms with Gasteiger partial charge in [0.25, 0.3) is 5.91 Å². The first-order valence-electron chi connectivity index (χ1n) is 10.8. The fourth-order valence-electron chi connectivity index (χ4n) is 3.32. The summed E-state index contributed by atoms with van der Waals surface area (Å²) in [6.45, 7) is 4.57. The third-order valence-electron chi connectivity index (χ3n) is 5.53. The number of benzene rings is 2. The highest BCUT2D eigenvalue weighted by molar-refractivity contribution is 6.42. The fourth-order valence-corrected chi connectivity index (χ4v) is 3.32. The molecule has 2 rings (SSSR count). The Morgan fingerprint density at radius 1 is 1.00 bits per heavy atom. The van der Waals surface area contributed by atoms with Gasteiger partial charge in [0.1, 0.15) is 23.1 Å². The predicted octanol–water partition coefficient (Wildman–Crippen LogP) is 6.04. The van der Waals surface area contributed by atoms with Crippen LogP contribution in [0.1, 0.15) is 48.7 Å². The molecule has 0 bridgehead atoms. The summed E-state index contributed by atoms with van der Waals surface area (Å²) in [7, 11) is 1.26. The minimum atomic E-state index is -5.71. The van der Waals surface area contributed by atoms with Crippen LogP contribution in [0.4, 0.5) is 36.4 Å². The Morgan fingerprint density at radius 3 is 2.00 bits per heavy atom. The number of oxime groups is 1. The number of rotatable bonds is 9. The van der Waals surface area contributed by atoms with E-state index in [2.05, 4.69) is 9.89 Å². The van der Waals surface area contributed by atoms with Crippen molar-refractivity contribution in [2.75, 3.05) is 12.4 Å². The molecular formula is C24H23F7N2O4. The van der Waals surface area contributed by atoms with E-state index < -0.39 is 64.4 Å². The van der Waals surface area contributed by atoms with Crippen molar-refractivity contribution < 1.29 is 49.9 Å². The summed E-state index contributed by atoms with van der Waals surface area (Å²) in [6.07, 6.45) is -5.18. The molecule has 0 aromatic heterocycles. The van der Waals surface area contributed by atoms with Crippen molar-refractivity contribution in [2.24, 2.45) is 11.1 Å². The number of carbonyl (C=O) groups excluding carboxylic acids is 2. The van der Waals surface area contributed by atoms with Crippen LogP contribution in [0, 0.1) is 29.2 Å². The number of carbonyl (C=O) groups is 2. The van der Waals surface area contributed by atoms with Crippen LogP contribution in [0.2, 0.25) is 0 Å². The van der Waals surface area contributed by atoms with Crippen molar-refractivity contribution in [1.82, 2.24) is 0 Å². The van der Waals surface area contributed by atoms with Crippen molar-refractivity contribution in [2.45, 2.75) is 45.9 Å².